The van der Waals surface area contributed by atoms with Crippen LogP contribution in [-0.2, 0) is 16.8 Å². The number of fused-ring (bicyclic) bond motifs is 1. The molecule has 5 rings (SSSR count). The Morgan fingerprint density at radius 2 is 1.76 bits per heavy atom. The molecule has 1 saturated heterocycles. The number of nitrogens with one attached hydrogen (secondary N) is 1. The standard InChI is InChI=1S/C31H33ClFN3O2/c1-22(37)34-31(25-8-5-10-27(33)21-25)14-18-35(19-15-31)16-13-29-28-11-3-2-6-23(28)12-17-36(29)30(38)24-7-4-9-26(32)20-24/h2-11,20-21,29H,12-19H2,1H3,(H,34,37). The minimum atomic E-state index is -0.573. The van der Waals surface area contributed by atoms with E-state index in [0.717, 1.165) is 38.0 Å². The van der Waals surface area contributed by atoms with Crippen LogP contribution in [0, 0.1) is 5.82 Å². The van der Waals surface area contributed by atoms with Gasteiger partial charge < -0.3 is 15.1 Å². The van der Waals surface area contributed by atoms with Gasteiger partial charge in [-0.1, -0.05) is 54.1 Å². The van der Waals surface area contributed by atoms with Crippen molar-refractivity contribution < 1.29 is 14.0 Å². The average Bonchev–Trinajstić information content (AvgIpc) is 2.92. The fourth-order valence-electron chi connectivity index (χ4n) is 6.07. The van der Waals surface area contributed by atoms with Crippen LogP contribution in [0.25, 0.3) is 0 Å². The second-order valence-electron chi connectivity index (χ2n) is 10.4. The highest BCUT2D eigenvalue weighted by Gasteiger charge is 2.38. The molecular weight excluding hydrogens is 501 g/mol. The summed E-state index contributed by atoms with van der Waals surface area (Å²) in [4.78, 5) is 30.0. The van der Waals surface area contributed by atoms with Gasteiger partial charge in [0.2, 0.25) is 5.91 Å². The largest absolute Gasteiger partial charge is 0.347 e. The van der Waals surface area contributed by atoms with Gasteiger partial charge in [-0.3, -0.25) is 9.59 Å². The van der Waals surface area contributed by atoms with Crippen molar-refractivity contribution in [2.75, 3.05) is 26.2 Å². The van der Waals surface area contributed by atoms with Crippen molar-refractivity contribution in [3.63, 3.8) is 0 Å². The fraction of sp³-hybridized carbons (Fsp3) is 0.355. The van der Waals surface area contributed by atoms with Crippen LogP contribution >= 0.6 is 11.6 Å². The number of carbonyl (C=O) groups excluding carboxylic acids is 2. The fourth-order valence-corrected chi connectivity index (χ4v) is 6.26. The lowest BCUT2D eigenvalue weighted by Gasteiger charge is -2.44. The zero-order valence-corrected chi connectivity index (χ0v) is 22.4. The van der Waals surface area contributed by atoms with Gasteiger partial charge in [0.15, 0.2) is 0 Å². The molecule has 38 heavy (non-hydrogen) atoms. The first-order chi connectivity index (χ1) is 18.3. The number of nitrogens with zero attached hydrogens (tertiary/aromatic N) is 2. The highest BCUT2D eigenvalue weighted by molar-refractivity contribution is 6.30. The molecule has 1 N–H and O–H groups in total. The molecule has 1 atom stereocenters. The number of rotatable bonds is 6. The molecule has 0 bridgehead atoms. The maximum Gasteiger partial charge on any atom is 0.254 e. The molecule has 5 nitrogen and oxygen atoms in total. The number of amides is 2. The predicted octanol–water partition coefficient (Wildman–Crippen LogP) is 5.74. The molecule has 2 heterocycles. The molecule has 0 aliphatic carbocycles. The maximum atomic E-state index is 14.0. The number of hydrogen-bond acceptors (Lipinski definition) is 3. The van der Waals surface area contributed by atoms with Crippen LogP contribution in [0.2, 0.25) is 5.02 Å². The van der Waals surface area contributed by atoms with E-state index in [-0.39, 0.29) is 23.7 Å². The minimum Gasteiger partial charge on any atom is -0.347 e. The summed E-state index contributed by atoms with van der Waals surface area (Å²) < 4.78 is 14.0. The van der Waals surface area contributed by atoms with Gasteiger partial charge in [-0.2, -0.15) is 0 Å². The van der Waals surface area contributed by atoms with E-state index in [4.69, 9.17) is 11.6 Å². The summed E-state index contributed by atoms with van der Waals surface area (Å²) in [6.07, 6.45) is 3.02. The normalized spacial score (nSPS) is 19.0. The number of piperidine rings is 1. The van der Waals surface area contributed by atoms with E-state index in [1.165, 1.54) is 30.2 Å². The van der Waals surface area contributed by atoms with Crippen LogP contribution in [0.5, 0.6) is 0 Å². The van der Waals surface area contributed by atoms with Crippen molar-refractivity contribution in [2.45, 2.75) is 44.2 Å². The first-order valence-electron chi connectivity index (χ1n) is 13.3. The molecule has 2 amide bonds. The van der Waals surface area contributed by atoms with Crippen molar-refractivity contribution in [1.82, 2.24) is 15.1 Å². The third kappa shape index (κ3) is 5.62. The highest BCUT2D eigenvalue weighted by atomic mass is 35.5. The lowest BCUT2D eigenvalue weighted by atomic mass is 9.80. The monoisotopic (exact) mass is 533 g/mol. The summed E-state index contributed by atoms with van der Waals surface area (Å²) in [6.45, 7) is 4.54. The van der Waals surface area contributed by atoms with Crippen molar-refractivity contribution in [3.05, 3.63) is 106 Å². The van der Waals surface area contributed by atoms with Gasteiger partial charge in [-0.05, 0) is 72.7 Å². The highest BCUT2D eigenvalue weighted by Crippen LogP contribution is 2.36. The van der Waals surface area contributed by atoms with E-state index in [1.54, 1.807) is 18.2 Å². The van der Waals surface area contributed by atoms with E-state index < -0.39 is 5.54 Å². The summed E-state index contributed by atoms with van der Waals surface area (Å²) in [5.41, 5.74) is 3.35. The number of hydrogen-bond donors (Lipinski definition) is 1. The first-order valence-corrected chi connectivity index (χ1v) is 13.6. The van der Waals surface area contributed by atoms with Crippen LogP contribution < -0.4 is 5.32 Å². The molecule has 0 radical (unpaired) electrons. The molecule has 1 unspecified atom stereocenters. The van der Waals surface area contributed by atoms with Crippen LogP contribution in [0.15, 0.2) is 72.8 Å². The third-order valence-electron chi connectivity index (χ3n) is 7.97. The van der Waals surface area contributed by atoms with Gasteiger partial charge in [0.05, 0.1) is 11.6 Å². The zero-order chi connectivity index (χ0) is 26.7. The molecule has 7 heteroatoms. The lowest BCUT2D eigenvalue weighted by molar-refractivity contribution is -0.121. The van der Waals surface area contributed by atoms with Crippen LogP contribution in [0.1, 0.15) is 59.3 Å². The molecule has 0 saturated carbocycles. The smallest absolute Gasteiger partial charge is 0.254 e. The van der Waals surface area contributed by atoms with Gasteiger partial charge >= 0.3 is 0 Å². The molecule has 2 aliphatic heterocycles. The Labute approximate surface area is 228 Å². The van der Waals surface area contributed by atoms with E-state index >= 15 is 0 Å². The lowest BCUT2D eigenvalue weighted by Crippen LogP contribution is -2.53. The van der Waals surface area contributed by atoms with Crippen LogP contribution in [0.3, 0.4) is 0 Å². The Hall–Kier alpha value is -3.22. The molecule has 3 aromatic rings. The van der Waals surface area contributed by atoms with Gasteiger partial charge in [0, 0.05) is 43.7 Å². The Balaban J connectivity index is 1.32. The summed E-state index contributed by atoms with van der Waals surface area (Å²) in [7, 11) is 0. The van der Waals surface area contributed by atoms with Crippen molar-refractivity contribution in [1.29, 1.82) is 0 Å². The molecule has 2 aliphatic rings. The predicted molar refractivity (Wildman–Crippen MR) is 148 cm³/mol. The van der Waals surface area contributed by atoms with Gasteiger partial charge in [0.1, 0.15) is 5.82 Å². The van der Waals surface area contributed by atoms with E-state index in [0.29, 0.717) is 30.0 Å². The zero-order valence-electron chi connectivity index (χ0n) is 21.6. The first kappa shape index (κ1) is 26.4. The topological polar surface area (TPSA) is 52.7 Å². The Bertz CT molecular complexity index is 1320. The summed E-state index contributed by atoms with van der Waals surface area (Å²) in [5, 5.41) is 3.68. The minimum absolute atomic E-state index is 0.00132. The summed E-state index contributed by atoms with van der Waals surface area (Å²) in [5.74, 6) is -0.409. The summed E-state index contributed by atoms with van der Waals surface area (Å²) >= 11 is 6.19. The average molecular weight is 534 g/mol. The van der Waals surface area contributed by atoms with Gasteiger partial charge in [-0.25, -0.2) is 4.39 Å². The van der Waals surface area contributed by atoms with Gasteiger partial charge in [-0.15, -0.1) is 0 Å². The van der Waals surface area contributed by atoms with Crippen LogP contribution in [0.4, 0.5) is 4.39 Å². The van der Waals surface area contributed by atoms with E-state index in [2.05, 4.69) is 28.4 Å². The number of halogens is 2. The van der Waals surface area contributed by atoms with Crippen molar-refractivity contribution >= 4 is 23.4 Å². The Morgan fingerprint density at radius 1 is 1.00 bits per heavy atom. The number of carbonyl (C=O) groups is 2. The number of benzene rings is 3. The Morgan fingerprint density at radius 3 is 2.50 bits per heavy atom. The van der Waals surface area contributed by atoms with Crippen LogP contribution in [-0.4, -0.2) is 47.8 Å². The van der Waals surface area contributed by atoms with E-state index in [9.17, 15) is 14.0 Å². The Kier molecular flexibility index (Phi) is 7.82. The molecule has 3 aromatic carbocycles. The van der Waals surface area contributed by atoms with Crippen molar-refractivity contribution in [2.24, 2.45) is 0 Å². The SMILES string of the molecule is CC(=O)NC1(c2cccc(F)c2)CCN(CCC2c3ccccc3CCN2C(=O)c2cccc(Cl)c2)CC1. The molecule has 1 fully saturated rings. The van der Waals surface area contributed by atoms with E-state index in [1.807, 2.05) is 29.2 Å². The quantitative estimate of drug-likeness (QED) is 0.440. The molecular formula is C31H33ClFN3O2. The maximum absolute atomic E-state index is 14.0. The number of likely N-dealkylation sites (tertiary alicyclic amines) is 1. The van der Waals surface area contributed by atoms with Crippen molar-refractivity contribution in [3.8, 4) is 0 Å². The summed E-state index contributed by atoms with van der Waals surface area (Å²) in [6, 6.07) is 22.1. The molecule has 198 valence electrons. The third-order valence-corrected chi connectivity index (χ3v) is 8.20. The molecule has 0 aromatic heterocycles. The molecule has 0 spiro atoms. The van der Waals surface area contributed by atoms with Gasteiger partial charge in [0.25, 0.3) is 5.91 Å². The second-order valence-corrected chi connectivity index (χ2v) is 10.8. The second kappa shape index (κ2) is 11.3.